The number of amides is 1. The molecule has 2 rings (SSSR count). The molecule has 0 unspecified atom stereocenters. The second-order valence-electron chi connectivity index (χ2n) is 5.11. The zero-order valence-corrected chi connectivity index (χ0v) is 11.8. The molecule has 0 bridgehead atoms. The van der Waals surface area contributed by atoms with Crippen LogP contribution in [0.2, 0.25) is 0 Å². The van der Waals surface area contributed by atoms with Gasteiger partial charge in [-0.3, -0.25) is 4.79 Å². The van der Waals surface area contributed by atoms with Gasteiger partial charge in [0, 0.05) is 17.7 Å². The highest BCUT2D eigenvalue weighted by Crippen LogP contribution is 2.26. The van der Waals surface area contributed by atoms with E-state index in [9.17, 15) is 4.79 Å². The molecule has 1 aliphatic carbocycles. The number of ether oxygens (including phenoxy) is 1. The molecule has 1 aromatic rings. The van der Waals surface area contributed by atoms with Crippen molar-refractivity contribution in [1.29, 1.82) is 0 Å². The van der Waals surface area contributed by atoms with E-state index in [0.717, 1.165) is 35.6 Å². The first-order valence-corrected chi connectivity index (χ1v) is 6.79. The van der Waals surface area contributed by atoms with Crippen molar-refractivity contribution in [3.8, 4) is 5.75 Å². The molecule has 0 spiro atoms. The third-order valence-electron chi connectivity index (χ3n) is 3.75. The van der Waals surface area contributed by atoms with E-state index in [-0.39, 0.29) is 11.8 Å². The number of methoxy groups -OCH3 is 1. The Labute approximate surface area is 118 Å². The number of anilines is 1. The van der Waals surface area contributed by atoms with Gasteiger partial charge in [-0.15, -0.1) is 0 Å². The lowest BCUT2D eigenvalue weighted by molar-refractivity contribution is -0.120. The number of carbonyl (C=O) groups is 1. The minimum Gasteiger partial charge on any atom is -0.496 e. The summed E-state index contributed by atoms with van der Waals surface area (Å²) in [6, 6.07) is 5.63. The summed E-state index contributed by atoms with van der Waals surface area (Å²) in [6.07, 6.45) is 2.83. The maximum atomic E-state index is 12.2. The summed E-state index contributed by atoms with van der Waals surface area (Å²) in [7, 11) is 1.62. The first kappa shape index (κ1) is 14.4. The molecule has 0 saturated heterocycles. The fourth-order valence-electron chi connectivity index (χ4n) is 2.46. The van der Waals surface area contributed by atoms with E-state index in [1.54, 1.807) is 7.11 Å². The molecule has 5 heteroatoms. The van der Waals surface area contributed by atoms with E-state index < -0.39 is 0 Å². The Morgan fingerprint density at radius 1 is 1.40 bits per heavy atom. The Kier molecular flexibility index (Phi) is 4.61. The molecule has 1 aliphatic rings. The van der Waals surface area contributed by atoms with Gasteiger partial charge in [0.1, 0.15) is 5.75 Å². The van der Waals surface area contributed by atoms with E-state index in [2.05, 4.69) is 10.5 Å². The van der Waals surface area contributed by atoms with Gasteiger partial charge in [-0.25, -0.2) is 0 Å². The van der Waals surface area contributed by atoms with Gasteiger partial charge in [-0.1, -0.05) is 11.2 Å². The SMILES string of the molecule is COc1cc(NC(=O)C2CCC(=NO)CC2)ccc1C. The molecule has 2 N–H and O–H groups in total. The first-order chi connectivity index (χ1) is 9.63. The summed E-state index contributed by atoms with van der Waals surface area (Å²) in [5.74, 6) is 0.766. The zero-order chi connectivity index (χ0) is 14.5. The van der Waals surface area contributed by atoms with Crippen LogP contribution in [-0.4, -0.2) is 23.9 Å². The van der Waals surface area contributed by atoms with Crippen LogP contribution < -0.4 is 10.1 Å². The quantitative estimate of drug-likeness (QED) is 0.658. The number of hydrogen-bond donors (Lipinski definition) is 2. The van der Waals surface area contributed by atoms with E-state index >= 15 is 0 Å². The largest absolute Gasteiger partial charge is 0.496 e. The van der Waals surface area contributed by atoms with Gasteiger partial charge in [-0.05, 0) is 44.2 Å². The molecule has 0 aromatic heterocycles. The minimum atomic E-state index is -0.0206. The monoisotopic (exact) mass is 276 g/mol. The fraction of sp³-hybridized carbons (Fsp3) is 0.467. The molecule has 1 amide bonds. The number of rotatable bonds is 3. The first-order valence-electron chi connectivity index (χ1n) is 6.79. The number of nitrogens with zero attached hydrogens (tertiary/aromatic N) is 1. The maximum absolute atomic E-state index is 12.2. The summed E-state index contributed by atoms with van der Waals surface area (Å²) in [5.41, 5.74) is 2.57. The molecule has 5 nitrogen and oxygen atoms in total. The molecular formula is C15H20N2O3. The van der Waals surface area contributed by atoms with Crippen LogP contribution in [0.25, 0.3) is 0 Å². The third-order valence-corrected chi connectivity index (χ3v) is 3.75. The predicted octanol–water partition coefficient (Wildman–Crippen LogP) is 2.96. The van der Waals surface area contributed by atoms with Gasteiger partial charge < -0.3 is 15.3 Å². The highest BCUT2D eigenvalue weighted by molar-refractivity contribution is 5.94. The average Bonchev–Trinajstić information content (AvgIpc) is 2.49. The number of aryl methyl sites for hydroxylation is 1. The second kappa shape index (κ2) is 6.41. The second-order valence-corrected chi connectivity index (χ2v) is 5.11. The highest BCUT2D eigenvalue weighted by Gasteiger charge is 2.24. The number of nitrogens with one attached hydrogen (secondary N) is 1. The summed E-state index contributed by atoms with van der Waals surface area (Å²) in [4.78, 5) is 12.2. The molecule has 0 radical (unpaired) electrons. The normalized spacial score (nSPS) is 18.5. The highest BCUT2D eigenvalue weighted by atomic mass is 16.5. The van der Waals surface area contributed by atoms with E-state index in [1.165, 1.54) is 0 Å². The number of oxime groups is 1. The van der Waals surface area contributed by atoms with E-state index in [1.807, 2.05) is 25.1 Å². The lowest BCUT2D eigenvalue weighted by Crippen LogP contribution is -2.27. The molecule has 108 valence electrons. The van der Waals surface area contributed by atoms with Crippen molar-refractivity contribution in [2.24, 2.45) is 11.1 Å². The molecule has 0 aliphatic heterocycles. The van der Waals surface area contributed by atoms with Crippen LogP contribution in [0.5, 0.6) is 5.75 Å². The van der Waals surface area contributed by atoms with Crippen LogP contribution in [0, 0.1) is 12.8 Å². The lowest BCUT2D eigenvalue weighted by atomic mass is 9.87. The molecule has 1 aromatic carbocycles. The Morgan fingerprint density at radius 2 is 2.10 bits per heavy atom. The van der Waals surface area contributed by atoms with Crippen molar-refractivity contribution in [2.45, 2.75) is 32.6 Å². The van der Waals surface area contributed by atoms with Crippen molar-refractivity contribution in [1.82, 2.24) is 0 Å². The maximum Gasteiger partial charge on any atom is 0.227 e. The Balaban J connectivity index is 1.98. The molecular weight excluding hydrogens is 256 g/mol. The summed E-state index contributed by atoms with van der Waals surface area (Å²) >= 11 is 0. The smallest absolute Gasteiger partial charge is 0.227 e. The van der Waals surface area contributed by atoms with Crippen LogP contribution in [-0.2, 0) is 4.79 Å². The third kappa shape index (κ3) is 3.29. The van der Waals surface area contributed by atoms with Crippen molar-refractivity contribution in [2.75, 3.05) is 12.4 Å². The van der Waals surface area contributed by atoms with Crippen molar-refractivity contribution in [3.63, 3.8) is 0 Å². The molecule has 0 atom stereocenters. The van der Waals surface area contributed by atoms with Crippen LogP contribution in [0.4, 0.5) is 5.69 Å². The zero-order valence-electron chi connectivity index (χ0n) is 11.8. The topological polar surface area (TPSA) is 70.9 Å². The Hall–Kier alpha value is -2.04. The van der Waals surface area contributed by atoms with Gasteiger partial charge >= 0.3 is 0 Å². The van der Waals surface area contributed by atoms with Crippen molar-refractivity contribution in [3.05, 3.63) is 23.8 Å². The summed E-state index contributed by atoms with van der Waals surface area (Å²) in [5, 5.41) is 14.9. The molecule has 1 saturated carbocycles. The van der Waals surface area contributed by atoms with Crippen molar-refractivity contribution >= 4 is 17.3 Å². The van der Waals surface area contributed by atoms with Gasteiger partial charge in [0.05, 0.1) is 12.8 Å². The number of hydrogen-bond acceptors (Lipinski definition) is 4. The van der Waals surface area contributed by atoms with E-state index in [4.69, 9.17) is 9.94 Å². The van der Waals surface area contributed by atoms with Gasteiger partial charge in [0.15, 0.2) is 0 Å². The van der Waals surface area contributed by atoms with Crippen LogP contribution in [0.3, 0.4) is 0 Å². The lowest BCUT2D eigenvalue weighted by Gasteiger charge is -2.21. The standard InChI is InChI=1S/C15H20N2O3/c1-10-3-6-13(9-14(10)20-2)16-15(18)11-4-7-12(17-19)8-5-11/h3,6,9,11,19H,4-5,7-8H2,1-2H3,(H,16,18). The van der Waals surface area contributed by atoms with Crippen LogP contribution >= 0.6 is 0 Å². The van der Waals surface area contributed by atoms with Crippen molar-refractivity contribution < 1.29 is 14.7 Å². The van der Waals surface area contributed by atoms with E-state index in [0.29, 0.717) is 12.8 Å². The number of carbonyl (C=O) groups excluding carboxylic acids is 1. The molecule has 0 heterocycles. The minimum absolute atomic E-state index is 0.0206. The van der Waals surface area contributed by atoms with Crippen LogP contribution in [0.1, 0.15) is 31.2 Å². The molecule has 1 fully saturated rings. The van der Waals surface area contributed by atoms with Gasteiger partial charge in [0.2, 0.25) is 5.91 Å². The summed E-state index contributed by atoms with van der Waals surface area (Å²) in [6.45, 7) is 1.96. The predicted molar refractivity (Wildman–Crippen MR) is 77.5 cm³/mol. The fourth-order valence-corrected chi connectivity index (χ4v) is 2.46. The summed E-state index contributed by atoms with van der Waals surface area (Å²) < 4.78 is 5.25. The number of benzene rings is 1. The average molecular weight is 276 g/mol. The Bertz CT molecular complexity index is 516. The Morgan fingerprint density at radius 3 is 2.70 bits per heavy atom. The van der Waals surface area contributed by atoms with Gasteiger partial charge in [0.25, 0.3) is 0 Å². The van der Waals surface area contributed by atoms with Crippen LogP contribution in [0.15, 0.2) is 23.4 Å². The van der Waals surface area contributed by atoms with Gasteiger partial charge in [-0.2, -0.15) is 0 Å². The molecule has 20 heavy (non-hydrogen) atoms.